The number of nitrogens with zero attached hydrogens (tertiary/aromatic N) is 5. The first-order chi connectivity index (χ1) is 13.3. The van der Waals surface area contributed by atoms with Gasteiger partial charge in [0.05, 0.1) is 6.07 Å². The van der Waals surface area contributed by atoms with Gasteiger partial charge in [-0.05, 0) is 13.8 Å². The van der Waals surface area contributed by atoms with Crippen LogP contribution in [0.15, 0.2) is 27.7 Å². The molecular weight excluding hydrogens is 455 g/mol. The van der Waals surface area contributed by atoms with E-state index in [-0.39, 0.29) is 18.9 Å². The molecule has 0 spiro atoms. The van der Waals surface area contributed by atoms with E-state index in [1.165, 1.54) is 28.7 Å². The second-order valence-corrected chi connectivity index (χ2v) is 7.87. The molecule has 0 aromatic carbocycles. The van der Waals surface area contributed by atoms with E-state index in [9.17, 15) is 4.79 Å². The van der Waals surface area contributed by atoms with Crippen molar-refractivity contribution >= 4 is 45.9 Å². The molecule has 4 aromatic heterocycles. The van der Waals surface area contributed by atoms with Crippen molar-refractivity contribution < 1.29 is 5.11 Å². The SMILES string of the molecule is C.Cc1csc(-c2nc(Cl)cc(Cl)n2)n1.Cc1csc(-c2nc(O)cc(=O)[nH]2)n1. The quantitative estimate of drug-likeness (QED) is 0.405. The fourth-order valence-electron chi connectivity index (χ4n) is 1.95. The van der Waals surface area contributed by atoms with E-state index in [0.717, 1.165) is 22.5 Å². The minimum absolute atomic E-state index is 0. The Balaban J connectivity index is 0.000000200. The minimum Gasteiger partial charge on any atom is -0.493 e. The monoisotopic (exact) mass is 470 g/mol. The number of hydrogen-bond acceptors (Lipinski definition) is 9. The van der Waals surface area contributed by atoms with Crippen LogP contribution in [0.25, 0.3) is 21.7 Å². The molecule has 0 saturated carbocycles. The summed E-state index contributed by atoms with van der Waals surface area (Å²) in [5, 5.41) is 14.9. The Morgan fingerprint density at radius 3 is 1.93 bits per heavy atom. The zero-order chi connectivity index (χ0) is 20.3. The van der Waals surface area contributed by atoms with Gasteiger partial charge in [-0.1, -0.05) is 30.6 Å². The Hall–Kier alpha value is -2.40. The van der Waals surface area contributed by atoms with Crippen LogP contribution < -0.4 is 5.56 Å². The standard InChI is InChI=1S/C8H5Cl2N3S.C8H7N3O2S.CH4/c1-4-3-14-8(11-4)7-12-5(9)2-6(10)13-7;1-4-3-14-8(9-4)7-10-5(12)2-6(13)11-7;/h2-3H,1H3;2-3H,1H3,(H2,10,11,12,13);1H4. The first-order valence-corrected chi connectivity index (χ1v) is 10.2. The van der Waals surface area contributed by atoms with Gasteiger partial charge in [-0.15, -0.1) is 22.7 Å². The highest BCUT2D eigenvalue weighted by Gasteiger charge is 2.08. The van der Waals surface area contributed by atoms with Crippen LogP contribution in [0, 0.1) is 13.8 Å². The Morgan fingerprint density at radius 2 is 1.45 bits per heavy atom. The lowest BCUT2D eigenvalue weighted by Gasteiger charge is -1.96. The lowest BCUT2D eigenvalue weighted by molar-refractivity contribution is 0.452. The number of aromatic nitrogens is 6. The van der Waals surface area contributed by atoms with E-state index in [1.807, 2.05) is 24.6 Å². The van der Waals surface area contributed by atoms with Crippen LogP contribution in [0.2, 0.25) is 10.3 Å². The van der Waals surface area contributed by atoms with Crippen molar-refractivity contribution in [2.24, 2.45) is 0 Å². The number of halogens is 2. The van der Waals surface area contributed by atoms with E-state index in [4.69, 9.17) is 28.3 Å². The smallest absolute Gasteiger partial charge is 0.255 e. The molecule has 8 nitrogen and oxygen atoms in total. The molecule has 0 radical (unpaired) electrons. The van der Waals surface area contributed by atoms with Gasteiger partial charge in [0.2, 0.25) is 5.88 Å². The highest BCUT2D eigenvalue weighted by atomic mass is 35.5. The van der Waals surface area contributed by atoms with Crippen molar-refractivity contribution in [3.63, 3.8) is 0 Å². The molecule has 4 heterocycles. The third kappa shape index (κ3) is 6.29. The normalized spacial score (nSPS) is 10.1. The van der Waals surface area contributed by atoms with E-state index in [0.29, 0.717) is 27.0 Å². The topological polar surface area (TPSA) is 118 Å². The van der Waals surface area contributed by atoms with Crippen molar-refractivity contribution in [3.8, 4) is 27.5 Å². The number of aryl methyl sites for hydroxylation is 2. The molecule has 0 unspecified atom stereocenters. The molecule has 4 rings (SSSR count). The van der Waals surface area contributed by atoms with Crippen LogP contribution >= 0.6 is 45.9 Å². The zero-order valence-corrected chi connectivity index (χ0v) is 17.6. The summed E-state index contributed by atoms with van der Waals surface area (Å²) in [7, 11) is 0. The first-order valence-electron chi connectivity index (χ1n) is 7.65. The third-order valence-corrected chi connectivity index (χ3v) is 5.33. The Labute approximate surface area is 184 Å². The summed E-state index contributed by atoms with van der Waals surface area (Å²) in [5.74, 6) is 0.477. The molecule has 0 aliphatic carbocycles. The third-order valence-electron chi connectivity index (χ3n) is 3.02. The predicted octanol–water partition coefficient (Wildman–Crippen LogP) is 4.76. The average Bonchev–Trinajstić information content (AvgIpc) is 3.22. The molecule has 0 amide bonds. The van der Waals surface area contributed by atoms with Gasteiger partial charge in [0.15, 0.2) is 21.7 Å². The Morgan fingerprint density at radius 1 is 0.897 bits per heavy atom. The van der Waals surface area contributed by atoms with Crippen molar-refractivity contribution in [1.82, 2.24) is 29.9 Å². The molecule has 0 saturated heterocycles. The Bertz CT molecular complexity index is 1150. The molecule has 0 bridgehead atoms. The van der Waals surface area contributed by atoms with Crippen LogP contribution in [0.5, 0.6) is 5.88 Å². The van der Waals surface area contributed by atoms with Crippen molar-refractivity contribution in [2.75, 3.05) is 0 Å². The van der Waals surface area contributed by atoms with Crippen LogP contribution in [0.3, 0.4) is 0 Å². The van der Waals surface area contributed by atoms with E-state index in [2.05, 4.69) is 29.9 Å². The maximum absolute atomic E-state index is 11.0. The van der Waals surface area contributed by atoms with Crippen LogP contribution in [-0.4, -0.2) is 35.0 Å². The molecular formula is C17H16Cl2N6O2S2. The molecule has 2 N–H and O–H groups in total. The molecule has 29 heavy (non-hydrogen) atoms. The number of aromatic hydroxyl groups is 1. The number of aromatic amines is 1. The van der Waals surface area contributed by atoms with Crippen molar-refractivity contribution in [3.05, 3.63) is 54.9 Å². The number of H-pyrrole nitrogens is 1. The number of hydrogen-bond donors (Lipinski definition) is 2. The second-order valence-electron chi connectivity index (χ2n) is 5.38. The summed E-state index contributed by atoms with van der Waals surface area (Å²) in [6.45, 7) is 3.76. The van der Waals surface area contributed by atoms with Gasteiger partial charge < -0.3 is 10.1 Å². The molecule has 0 fully saturated rings. The van der Waals surface area contributed by atoms with Crippen LogP contribution in [0.4, 0.5) is 0 Å². The van der Waals surface area contributed by atoms with Gasteiger partial charge in [0.1, 0.15) is 10.3 Å². The zero-order valence-electron chi connectivity index (χ0n) is 14.5. The summed E-state index contributed by atoms with van der Waals surface area (Å²) < 4.78 is 0. The van der Waals surface area contributed by atoms with Crippen molar-refractivity contribution in [1.29, 1.82) is 0 Å². The maximum Gasteiger partial charge on any atom is 0.255 e. The number of nitrogens with one attached hydrogen (secondary N) is 1. The molecule has 0 aliphatic heterocycles. The van der Waals surface area contributed by atoms with Crippen LogP contribution in [-0.2, 0) is 0 Å². The number of rotatable bonds is 2. The largest absolute Gasteiger partial charge is 0.493 e. The summed E-state index contributed by atoms with van der Waals surface area (Å²) >= 11 is 14.3. The van der Waals surface area contributed by atoms with Crippen molar-refractivity contribution in [2.45, 2.75) is 21.3 Å². The van der Waals surface area contributed by atoms with Gasteiger partial charge in [0.25, 0.3) is 5.56 Å². The van der Waals surface area contributed by atoms with Gasteiger partial charge in [0, 0.05) is 28.2 Å². The fraction of sp³-hybridized carbons (Fsp3) is 0.176. The van der Waals surface area contributed by atoms with Gasteiger partial charge >= 0.3 is 0 Å². The second kappa shape index (κ2) is 9.88. The van der Waals surface area contributed by atoms with Gasteiger partial charge in [-0.2, -0.15) is 4.98 Å². The number of thiazole rings is 2. The summed E-state index contributed by atoms with van der Waals surface area (Å²) in [6, 6.07) is 2.51. The van der Waals surface area contributed by atoms with E-state index < -0.39 is 0 Å². The lowest BCUT2D eigenvalue weighted by atomic mass is 10.5. The fourth-order valence-corrected chi connectivity index (χ4v) is 3.84. The first kappa shape index (κ1) is 22.9. The minimum atomic E-state index is -0.389. The molecule has 0 atom stereocenters. The summed E-state index contributed by atoms with van der Waals surface area (Å²) in [4.78, 5) is 33.7. The Kier molecular flexibility index (Phi) is 7.80. The highest BCUT2D eigenvalue weighted by Crippen LogP contribution is 2.23. The van der Waals surface area contributed by atoms with Gasteiger partial charge in [-0.3, -0.25) is 4.79 Å². The highest BCUT2D eigenvalue weighted by molar-refractivity contribution is 7.13. The molecule has 12 heteroatoms. The molecule has 152 valence electrons. The average molecular weight is 471 g/mol. The lowest BCUT2D eigenvalue weighted by Crippen LogP contribution is -2.06. The molecule has 0 aliphatic rings. The van der Waals surface area contributed by atoms with E-state index in [1.54, 1.807) is 0 Å². The summed E-state index contributed by atoms with van der Waals surface area (Å²) in [5.41, 5.74) is 1.40. The molecule has 4 aromatic rings. The van der Waals surface area contributed by atoms with Gasteiger partial charge in [-0.25, -0.2) is 19.9 Å². The maximum atomic E-state index is 11.0. The predicted molar refractivity (Wildman–Crippen MR) is 117 cm³/mol. The summed E-state index contributed by atoms with van der Waals surface area (Å²) in [6.07, 6.45) is 0. The van der Waals surface area contributed by atoms with E-state index >= 15 is 0 Å². The van der Waals surface area contributed by atoms with Crippen LogP contribution in [0.1, 0.15) is 18.8 Å².